The molecule has 0 radical (unpaired) electrons. The molecule has 0 bridgehead atoms. The highest BCUT2D eigenvalue weighted by Crippen LogP contribution is 2.76. The molecular weight excluding hydrogens is 288 g/mol. The molecule has 3 aliphatic carbocycles. The highest BCUT2D eigenvalue weighted by molar-refractivity contribution is 6.74. The molecule has 22 heavy (non-hydrogen) atoms. The number of hydrogen-bond acceptors (Lipinski definition) is 2. The van der Waals surface area contributed by atoms with Crippen LogP contribution in [0.3, 0.4) is 0 Å². The predicted molar refractivity (Wildman–Crippen MR) is 94.4 cm³/mol. The fourth-order valence-electron chi connectivity index (χ4n) is 5.61. The maximum absolute atomic E-state index is 9.67. The lowest BCUT2D eigenvalue weighted by Gasteiger charge is -2.49. The van der Waals surface area contributed by atoms with Gasteiger partial charge in [-0.3, -0.25) is 0 Å². The second kappa shape index (κ2) is 5.06. The highest BCUT2D eigenvalue weighted by atomic mass is 28.4. The Labute approximate surface area is 138 Å². The van der Waals surface area contributed by atoms with Crippen molar-refractivity contribution >= 4 is 8.32 Å². The van der Waals surface area contributed by atoms with Crippen molar-refractivity contribution in [2.75, 3.05) is 6.61 Å². The van der Waals surface area contributed by atoms with Crippen molar-refractivity contribution in [1.29, 1.82) is 0 Å². The first-order valence-corrected chi connectivity index (χ1v) is 12.3. The summed E-state index contributed by atoms with van der Waals surface area (Å²) in [5.74, 6) is 1.31. The lowest BCUT2D eigenvalue weighted by atomic mass is 9.62. The summed E-state index contributed by atoms with van der Waals surface area (Å²) in [6.07, 6.45) is 8.32. The number of hydrogen-bond donors (Lipinski definition) is 1. The molecule has 0 aliphatic heterocycles. The Bertz CT molecular complexity index is 441. The minimum absolute atomic E-state index is 0.296. The Kier molecular flexibility index (Phi) is 3.91. The van der Waals surface area contributed by atoms with Gasteiger partial charge in [0.25, 0.3) is 0 Å². The van der Waals surface area contributed by atoms with E-state index in [-0.39, 0.29) is 0 Å². The molecule has 0 unspecified atom stereocenters. The minimum Gasteiger partial charge on any atom is -0.414 e. The number of aliphatic hydroxyl groups excluding tert-OH is 1. The van der Waals surface area contributed by atoms with Crippen LogP contribution in [-0.4, -0.2) is 26.1 Å². The SMILES string of the molecule is CC(C)(C)[Si](C)(C)O[C@H]1CCC[C@@]2(C)[C@H]1CC[C@@]21C[C@H]1CO. The summed E-state index contributed by atoms with van der Waals surface area (Å²) in [7, 11) is -1.69. The van der Waals surface area contributed by atoms with E-state index in [0.717, 1.165) is 5.92 Å². The zero-order valence-corrected chi connectivity index (χ0v) is 16.5. The van der Waals surface area contributed by atoms with E-state index >= 15 is 0 Å². The molecule has 5 atom stereocenters. The van der Waals surface area contributed by atoms with Crippen LogP contribution in [0, 0.1) is 22.7 Å². The van der Waals surface area contributed by atoms with Gasteiger partial charge in [-0.2, -0.15) is 0 Å². The van der Waals surface area contributed by atoms with E-state index in [1.807, 2.05) is 0 Å². The quantitative estimate of drug-likeness (QED) is 0.742. The summed E-state index contributed by atoms with van der Waals surface area (Å²) in [6, 6.07) is 0. The Morgan fingerprint density at radius 1 is 1.18 bits per heavy atom. The van der Waals surface area contributed by atoms with E-state index in [9.17, 15) is 5.11 Å². The van der Waals surface area contributed by atoms with Crippen molar-refractivity contribution in [3.05, 3.63) is 0 Å². The second-order valence-electron chi connectivity index (χ2n) is 10.1. The number of rotatable bonds is 3. The second-order valence-corrected chi connectivity index (χ2v) is 14.9. The molecule has 0 saturated heterocycles. The van der Waals surface area contributed by atoms with Crippen molar-refractivity contribution in [1.82, 2.24) is 0 Å². The molecule has 1 spiro atoms. The monoisotopic (exact) mass is 324 g/mol. The largest absolute Gasteiger partial charge is 0.414 e. The van der Waals surface area contributed by atoms with Crippen LogP contribution in [0.4, 0.5) is 0 Å². The van der Waals surface area contributed by atoms with Crippen LogP contribution in [0.5, 0.6) is 0 Å². The van der Waals surface area contributed by atoms with Crippen molar-refractivity contribution in [3.8, 4) is 0 Å². The maximum Gasteiger partial charge on any atom is 0.192 e. The van der Waals surface area contributed by atoms with E-state index in [0.29, 0.717) is 34.5 Å². The van der Waals surface area contributed by atoms with Gasteiger partial charge in [0, 0.05) is 12.7 Å². The summed E-state index contributed by atoms with van der Waals surface area (Å²) in [5.41, 5.74) is 0.882. The summed E-state index contributed by atoms with van der Waals surface area (Å²) in [5, 5.41) is 9.97. The van der Waals surface area contributed by atoms with Gasteiger partial charge in [-0.15, -0.1) is 0 Å². The summed E-state index contributed by atoms with van der Waals surface area (Å²) >= 11 is 0. The molecule has 128 valence electrons. The van der Waals surface area contributed by atoms with Crippen molar-refractivity contribution in [3.63, 3.8) is 0 Å². The van der Waals surface area contributed by atoms with Crippen LogP contribution in [0.1, 0.15) is 66.2 Å². The summed E-state index contributed by atoms with van der Waals surface area (Å²) in [4.78, 5) is 0. The molecule has 3 rings (SSSR count). The van der Waals surface area contributed by atoms with E-state index in [1.54, 1.807) is 0 Å². The topological polar surface area (TPSA) is 29.5 Å². The first kappa shape index (κ1) is 17.0. The van der Waals surface area contributed by atoms with Gasteiger partial charge < -0.3 is 9.53 Å². The van der Waals surface area contributed by atoms with E-state index in [2.05, 4.69) is 40.8 Å². The lowest BCUT2D eigenvalue weighted by molar-refractivity contribution is -0.0224. The Hall–Kier alpha value is 0.137. The molecule has 0 aromatic heterocycles. The summed E-state index contributed by atoms with van der Waals surface area (Å²) in [6.45, 7) is 14.8. The van der Waals surface area contributed by atoms with Gasteiger partial charge in [0.1, 0.15) is 0 Å². The highest BCUT2D eigenvalue weighted by Gasteiger charge is 2.70. The van der Waals surface area contributed by atoms with E-state index in [4.69, 9.17) is 4.43 Å². The standard InChI is InChI=1S/C19H36O2Si/c1-17(2,3)22(5,6)21-16-8-7-10-18(4)15(16)9-11-19(18)12-14(19)13-20/h14-16,20H,7-13H2,1-6H3/t14-,15-,16-,18-,19-/m0/s1. The van der Waals surface area contributed by atoms with Crippen LogP contribution >= 0.6 is 0 Å². The average Bonchev–Trinajstić information content (AvgIpc) is 3.03. The van der Waals surface area contributed by atoms with Gasteiger partial charge in [0.05, 0.1) is 0 Å². The Morgan fingerprint density at radius 2 is 1.86 bits per heavy atom. The van der Waals surface area contributed by atoms with Crippen LogP contribution < -0.4 is 0 Å². The fraction of sp³-hybridized carbons (Fsp3) is 1.00. The third kappa shape index (κ3) is 2.26. The van der Waals surface area contributed by atoms with Gasteiger partial charge in [-0.25, -0.2) is 0 Å². The minimum atomic E-state index is -1.69. The predicted octanol–water partition coefficient (Wildman–Crippen LogP) is 4.98. The third-order valence-corrected chi connectivity index (χ3v) is 12.7. The molecule has 3 saturated carbocycles. The molecule has 0 aromatic carbocycles. The van der Waals surface area contributed by atoms with Crippen molar-refractivity contribution in [2.24, 2.45) is 22.7 Å². The first-order valence-electron chi connectivity index (χ1n) is 9.36. The van der Waals surface area contributed by atoms with Gasteiger partial charge in [-0.05, 0) is 72.9 Å². The zero-order chi connectivity index (χ0) is 16.4. The summed E-state index contributed by atoms with van der Waals surface area (Å²) < 4.78 is 6.89. The van der Waals surface area contributed by atoms with Crippen LogP contribution in [0.2, 0.25) is 18.1 Å². The third-order valence-electron chi connectivity index (χ3n) is 8.20. The first-order chi connectivity index (χ1) is 10.1. The van der Waals surface area contributed by atoms with Crippen molar-refractivity contribution < 1.29 is 9.53 Å². The Balaban J connectivity index is 1.79. The van der Waals surface area contributed by atoms with Crippen LogP contribution in [0.15, 0.2) is 0 Å². The van der Waals surface area contributed by atoms with Gasteiger partial charge >= 0.3 is 0 Å². The Morgan fingerprint density at radius 3 is 2.41 bits per heavy atom. The zero-order valence-electron chi connectivity index (χ0n) is 15.5. The van der Waals surface area contributed by atoms with Crippen LogP contribution in [-0.2, 0) is 4.43 Å². The van der Waals surface area contributed by atoms with Gasteiger partial charge in [0.15, 0.2) is 8.32 Å². The van der Waals surface area contributed by atoms with E-state index in [1.165, 1.54) is 38.5 Å². The average molecular weight is 325 g/mol. The van der Waals surface area contributed by atoms with Gasteiger partial charge in [0.2, 0.25) is 0 Å². The van der Waals surface area contributed by atoms with Gasteiger partial charge in [-0.1, -0.05) is 34.1 Å². The van der Waals surface area contributed by atoms with Crippen LogP contribution in [0.25, 0.3) is 0 Å². The molecule has 2 nitrogen and oxygen atoms in total. The normalized spacial score (nSPS) is 45.1. The molecule has 0 aromatic rings. The molecule has 3 heteroatoms. The lowest BCUT2D eigenvalue weighted by Crippen LogP contribution is -2.50. The van der Waals surface area contributed by atoms with E-state index < -0.39 is 8.32 Å². The molecule has 3 aliphatic rings. The molecule has 0 heterocycles. The smallest absolute Gasteiger partial charge is 0.192 e. The number of aliphatic hydroxyl groups is 1. The molecule has 3 fully saturated rings. The number of fused-ring (bicyclic) bond motifs is 2. The van der Waals surface area contributed by atoms with Crippen molar-refractivity contribution in [2.45, 2.75) is 90.5 Å². The molecular formula is C19H36O2Si. The molecule has 0 amide bonds. The fourth-order valence-corrected chi connectivity index (χ4v) is 7.00. The molecule has 1 N–H and O–H groups in total. The maximum atomic E-state index is 9.67.